The summed E-state index contributed by atoms with van der Waals surface area (Å²) in [5.41, 5.74) is 2.77. The molecule has 1 atom stereocenters. The van der Waals surface area contributed by atoms with Crippen LogP contribution >= 0.6 is 35.3 Å². The normalized spacial score (nSPS) is 18.9. The van der Waals surface area contributed by atoms with Crippen LogP contribution < -0.4 is 10.6 Å². The second-order valence-corrected chi connectivity index (χ2v) is 9.42. The van der Waals surface area contributed by atoms with Crippen LogP contribution in [0.5, 0.6) is 0 Å². The number of rotatable bonds is 8. The van der Waals surface area contributed by atoms with Gasteiger partial charge in [0.05, 0.1) is 0 Å². The number of guanidine groups is 1. The minimum Gasteiger partial charge on any atom is -0.356 e. The van der Waals surface area contributed by atoms with E-state index in [4.69, 9.17) is 0 Å². The van der Waals surface area contributed by atoms with Crippen LogP contribution in [-0.4, -0.2) is 68.0 Å². The molecule has 4 rings (SSSR count). The van der Waals surface area contributed by atoms with E-state index in [-0.39, 0.29) is 29.9 Å². The van der Waals surface area contributed by atoms with Crippen molar-refractivity contribution in [1.82, 2.24) is 20.4 Å². The number of hydrogen-bond donors (Lipinski definition) is 2. The fourth-order valence-electron chi connectivity index (χ4n) is 4.41. The van der Waals surface area contributed by atoms with E-state index in [1.807, 2.05) is 22.3 Å². The maximum absolute atomic E-state index is 12.4. The third-order valence-corrected chi connectivity index (χ3v) is 7.22. The number of carbonyl (C=O) groups is 1. The molecule has 2 aliphatic heterocycles. The van der Waals surface area contributed by atoms with E-state index in [9.17, 15) is 4.79 Å². The van der Waals surface area contributed by atoms with Crippen molar-refractivity contribution in [2.24, 2.45) is 10.9 Å². The van der Waals surface area contributed by atoms with Crippen LogP contribution in [-0.2, 0) is 24.2 Å². The van der Waals surface area contributed by atoms with Crippen molar-refractivity contribution >= 4 is 47.2 Å². The molecule has 0 spiro atoms. The van der Waals surface area contributed by atoms with Crippen LogP contribution in [0.1, 0.15) is 22.4 Å². The number of likely N-dealkylation sites (tertiary alicyclic amines) is 1. The summed E-state index contributed by atoms with van der Waals surface area (Å²) in [7, 11) is 1.81. The Kier molecular flexibility index (Phi) is 9.80. The number of fused-ring (bicyclic) bond motifs is 1. The lowest BCUT2D eigenvalue weighted by atomic mass is 10.1. The summed E-state index contributed by atoms with van der Waals surface area (Å²) < 4.78 is 0. The highest BCUT2D eigenvalue weighted by atomic mass is 127. The van der Waals surface area contributed by atoms with Gasteiger partial charge in [-0.3, -0.25) is 14.7 Å². The van der Waals surface area contributed by atoms with Gasteiger partial charge in [-0.05, 0) is 35.4 Å². The summed E-state index contributed by atoms with van der Waals surface area (Å²) in [6, 6.07) is 12.6. The van der Waals surface area contributed by atoms with Crippen LogP contribution in [0.15, 0.2) is 46.8 Å². The zero-order valence-corrected chi connectivity index (χ0v) is 21.9. The van der Waals surface area contributed by atoms with Gasteiger partial charge in [0.15, 0.2) is 5.96 Å². The van der Waals surface area contributed by atoms with Gasteiger partial charge in [0.1, 0.15) is 0 Å². The van der Waals surface area contributed by atoms with Crippen LogP contribution in [0.4, 0.5) is 0 Å². The van der Waals surface area contributed by atoms with E-state index in [0.717, 1.165) is 64.6 Å². The number of amides is 1. The third-order valence-electron chi connectivity index (χ3n) is 6.20. The van der Waals surface area contributed by atoms with E-state index < -0.39 is 0 Å². The van der Waals surface area contributed by atoms with Gasteiger partial charge in [-0.1, -0.05) is 30.3 Å². The van der Waals surface area contributed by atoms with Gasteiger partial charge >= 0.3 is 0 Å². The number of carbonyl (C=O) groups excluding carboxylic acids is 1. The molecule has 0 bridgehead atoms. The predicted molar refractivity (Wildman–Crippen MR) is 143 cm³/mol. The van der Waals surface area contributed by atoms with Crippen LogP contribution in [0.2, 0.25) is 0 Å². The first-order valence-corrected chi connectivity index (χ1v) is 12.1. The Labute approximate surface area is 212 Å². The van der Waals surface area contributed by atoms with Gasteiger partial charge in [0.25, 0.3) is 0 Å². The Hall–Kier alpha value is -1.65. The smallest absolute Gasteiger partial charge is 0.223 e. The summed E-state index contributed by atoms with van der Waals surface area (Å²) in [5, 5.41) is 9.05. The molecule has 0 aliphatic carbocycles. The highest BCUT2D eigenvalue weighted by molar-refractivity contribution is 14.0. The molecule has 2 aromatic rings. The molecule has 0 radical (unpaired) electrons. The molecule has 8 heteroatoms. The summed E-state index contributed by atoms with van der Waals surface area (Å²) in [5.74, 6) is 1.42. The van der Waals surface area contributed by atoms with Gasteiger partial charge < -0.3 is 15.5 Å². The molecule has 2 aliphatic rings. The molecule has 32 heavy (non-hydrogen) atoms. The van der Waals surface area contributed by atoms with E-state index >= 15 is 0 Å². The van der Waals surface area contributed by atoms with Crippen LogP contribution in [0, 0.1) is 5.92 Å². The average Bonchev–Trinajstić information content (AvgIpc) is 3.41. The molecule has 0 saturated carbocycles. The lowest BCUT2D eigenvalue weighted by Gasteiger charge is -2.27. The Bertz CT molecular complexity index is 888. The summed E-state index contributed by atoms with van der Waals surface area (Å²) in [6.07, 6.45) is 2.70. The van der Waals surface area contributed by atoms with E-state index in [1.165, 1.54) is 11.1 Å². The maximum Gasteiger partial charge on any atom is 0.223 e. The number of nitrogens with one attached hydrogen (secondary N) is 2. The fourth-order valence-corrected chi connectivity index (χ4v) is 5.30. The molecule has 1 aromatic carbocycles. The highest BCUT2D eigenvalue weighted by Crippen LogP contribution is 2.23. The van der Waals surface area contributed by atoms with Crippen molar-refractivity contribution < 1.29 is 4.79 Å². The van der Waals surface area contributed by atoms with Gasteiger partial charge in [-0.15, -0.1) is 35.3 Å². The molecule has 1 saturated heterocycles. The van der Waals surface area contributed by atoms with Crippen molar-refractivity contribution in [2.75, 3.05) is 46.3 Å². The number of nitrogens with zero attached hydrogens (tertiary/aromatic N) is 3. The first kappa shape index (κ1) is 25.0. The Morgan fingerprint density at radius 1 is 1.19 bits per heavy atom. The SMILES string of the molecule is CN=C(NCCN1CCc2sccc2C1)NCC1CC(=O)N(CCc2ccccc2)C1.I. The number of thiophene rings is 1. The summed E-state index contributed by atoms with van der Waals surface area (Å²) in [6.45, 7) is 6.45. The van der Waals surface area contributed by atoms with Crippen LogP contribution in [0.25, 0.3) is 0 Å². The molecular weight excluding hydrogens is 533 g/mol. The Balaban J connectivity index is 0.00000289. The number of halogens is 1. The number of hydrogen-bond acceptors (Lipinski definition) is 4. The first-order valence-electron chi connectivity index (χ1n) is 11.2. The molecule has 6 nitrogen and oxygen atoms in total. The largest absolute Gasteiger partial charge is 0.356 e. The Morgan fingerprint density at radius 3 is 2.84 bits per heavy atom. The first-order chi connectivity index (χ1) is 15.2. The highest BCUT2D eigenvalue weighted by Gasteiger charge is 2.29. The maximum atomic E-state index is 12.4. The molecule has 174 valence electrons. The molecular formula is C24H34IN5OS. The number of aliphatic imine (C=N–C) groups is 1. The molecule has 2 N–H and O–H groups in total. The molecule has 1 unspecified atom stereocenters. The lowest BCUT2D eigenvalue weighted by molar-refractivity contribution is -0.127. The van der Waals surface area contributed by atoms with E-state index in [0.29, 0.717) is 12.3 Å². The van der Waals surface area contributed by atoms with Crippen molar-refractivity contribution in [3.63, 3.8) is 0 Å². The topological polar surface area (TPSA) is 60.0 Å². The van der Waals surface area contributed by atoms with Crippen LogP contribution in [0.3, 0.4) is 0 Å². The number of benzene rings is 1. The molecule has 1 amide bonds. The quantitative estimate of drug-likeness (QED) is 0.293. The second-order valence-electron chi connectivity index (χ2n) is 8.42. The van der Waals surface area contributed by atoms with Crippen molar-refractivity contribution in [1.29, 1.82) is 0 Å². The predicted octanol–water partition coefficient (Wildman–Crippen LogP) is 2.98. The van der Waals surface area contributed by atoms with Gasteiger partial charge in [0.2, 0.25) is 5.91 Å². The monoisotopic (exact) mass is 567 g/mol. The molecule has 3 heterocycles. The zero-order chi connectivity index (χ0) is 21.5. The van der Waals surface area contributed by atoms with Gasteiger partial charge in [-0.25, -0.2) is 0 Å². The third kappa shape index (κ3) is 6.92. The van der Waals surface area contributed by atoms with Crippen molar-refractivity contribution in [2.45, 2.75) is 25.8 Å². The van der Waals surface area contributed by atoms with Crippen molar-refractivity contribution in [3.05, 3.63) is 57.8 Å². The molecule has 1 aromatic heterocycles. The lowest BCUT2D eigenvalue weighted by Crippen LogP contribution is -2.44. The van der Waals surface area contributed by atoms with Gasteiger partial charge in [0, 0.05) is 70.1 Å². The minimum absolute atomic E-state index is 0. The minimum atomic E-state index is 0. The van der Waals surface area contributed by atoms with E-state index in [2.05, 4.69) is 56.2 Å². The van der Waals surface area contributed by atoms with E-state index in [1.54, 1.807) is 11.9 Å². The summed E-state index contributed by atoms with van der Waals surface area (Å²) >= 11 is 1.88. The Morgan fingerprint density at radius 2 is 2.03 bits per heavy atom. The van der Waals surface area contributed by atoms with Gasteiger partial charge in [-0.2, -0.15) is 0 Å². The fraction of sp³-hybridized carbons (Fsp3) is 0.500. The molecule has 1 fully saturated rings. The van der Waals surface area contributed by atoms with Crippen molar-refractivity contribution in [3.8, 4) is 0 Å². The average molecular weight is 568 g/mol. The second kappa shape index (κ2) is 12.6. The zero-order valence-electron chi connectivity index (χ0n) is 18.8. The summed E-state index contributed by atoms with van der Waals surface area (Å²) in [4.78, 5) is 22.8. The standard InChI is InChI=1S/C24H33N5OS.HI/c1-25-24(26-10-13-28-11-8-22-21(18-28)9-14-31-22)27-16-20-15-23(30)29(17-20)12-7-19-5-3-2-4-6-19;/h2-6,9,14,20H,7-8,10-13,15-18H2,1H3,(H2,25,26,27);1H.